The van der Waals surface area contributed by atoms with Gasteiger partial charge < -0.3 is 10.1 Å². The third-order valence-electron chi connectivity index (χ3n) is 4.60. The monoisotopic (exact) mass is 355 g/mol. The highest BCUT2D eigenvalue weighted by Gasteiger charge is 2.34. The predicted octanol–water partition coefficient (Wildman–Crippen LogP) is 0.350. The van der Waals surface area contributed by atoms with Crippen molar-refractivity contribution in [3.63, 3.8) is 0 Å². The quantitative estimate of drug-likeness (QED) is 0.820. The second kappa shape index (κ2) is 7.73. The summed E-state index contributed by atoms with van der Waals surface area (Å²) in [6.45, 7) is 2.97. The third-order valence-corrected chi connectivity index (χ3v) is 6.60. The van der Waals surface area contributed by atoms with Crippen LogP contribution in [0.3, 0.4) is 0 Å². The van der Waals surface area contributed by atoms with Crippen LogP contribution in [0.1, 0.15) is 18.5 Å². The van der Waals surface area contributed by atoms with E-state index < -0.39 is 10.2 Å². The van der Waals surface area contributed by atoms with E-state index in [1.54, 1.807) is 21.0 Å². The Morgan fingerprint density at radius 2 is 1.96 bits per heavy atom. The van der Waals surface area contributed by atoms with Gasteiger partial charge in [0.1, 0.15) is 5.82 Å². The second-order valence-electron chi connectivity index (χ2n) is 6.19. The molecule has 0 saturated carbocycles. The van der Waals surface area contributed by atoms with Crippen LogP contribution in [-0.4, -0.2) is 73.4 Å². The molecular formula is C15H25N5O3S. The molecule has 3 heterocycles. The van der Waals surface area contributed by atoms with E-state index >= 15 is 0 Å². The molecular weight excluding hydrogens is 330 g/mol. The first kappa shape index (κ1) is 17.5. The number of aromatic nitrogens is 2. The van der Waals surface area contributed by atoms with Gasteiger partial charge in [0.15, 0.2) is 0 Å². The lowest BCUT2D eigenvalue weighted by Crippen LogP contribution is -2.51. The molecule has 2 aliphatic heterocycles. The van der Waals surface area contributed by atoms with Gasteiger partial charge in [-0.25, -0.2) is 4.98 Å². The van der Waals surface area contributed by atoms with Crippen molar-refractivity contribution < 1.29 is 13.2 Å². The minimum atomic E-state index is -3.39. The summed E-state index contributed by atoms with van der Waals surface area (Å²) in [7, 11) is -1.57. The van der Waals surface area contributed by atoms with Crippen molar-refractivity contribution in [2.45, 2.75) is 19.3 Å². The van der Waals surface area contributed by atoms with E-state index in [2.05, 4.69) is 15.3 Å². The van der Waals surface area contributed by atoms with Gasteiger partial charge in [0, 0.05) is 45.6 Å². The second-order valence-corrected chi connectivity index (χ2v) is 8.12. The summed E-state index contributed by atoms with van der Waals surface area (Å²) < 4.78 is 34.1. The first-order chi connectivity index (χ1) is 11.6. The molecule has 1 aromatic rings. The van der Waals surface area contributed by atoms with Gasteiger partial charge in [0.25, 0.3) is 10.2 Å². The lowest BCUT2D eigenvalue weighted by Gasteiger charge is -2.36. The van der Waals surface area contributed by atoms with E-state index in [0.29, 0.717) is 39.4 Å². The lowest BCUT2D eigenvalue weighted by molar-refractivity contribution is 0.0691. The molecule has 0 bridgehead atoms. The molecule has 0 spiro atoms. The van der Waals surface area contributed by atoms with Gasteiger partial charge in [-0.15, -0.1) is 0 Å². The van der Waals surface area contributed by atoms with E-state index in [0.717, 1.165) is 30.8 Å². The van der Waals surface area contributed by atoms with Crippen molar-refractivity contribution in [3.05, 3.63) is 18.1 Å². The molecule has 1 aromatic heterocycles. The number of hydrogen-bond donors (Lipinski definition) is 1. The number of piperidine rings is 1. The van der Waals surface area contributed by atoms with Crippen LogP contribution in [0.15, 0.2) is 12.4 Å². The molecule has 134 valence electrons. The Bertz CT molecular complexity index is 648. The molecule has 1 atom stereocenters. The Morgan fingerprint density at radius 3 is 2.71 bits per heavy atom. The summed E-state index contributed by atoms with van der Waals surface area (Å²) in [6.07, 6.45) is 5.96. The average Bonchev–Trinajstić information content (AvgIpc) is 2.63. The zero-order chi connectivity index (χ0) is 17.0. The van der Waals surface area contributed by atoms with Crippen molar-refractivity contribution in [1.82, 2.24) is 18.6 Å². The Morgan fingerprint density at radius 1 is 1.21 bits per heavy atom. The zero-order valence-electron chi connectivity index (χ0n) is 14.0. The summed E-state index contributed by atoms with van der Waals surface area (Å²) in [4.78, 5) is 8.68. The number of ether oxygens (including phenoxy) is 1. The number of rotatable bonds is 5. The SMILES string of the molecule is CNc1nccnc1C[C@@H]1CCCN(S(=O)(=O)N2CCOCC2)C1. The van der Waals surface area contributed by atoms with Gasteiger partial charge in [-0.1, -0.05) is 0 Å². The fraction of sp³-hybridized carbons (Fsp3) is 0.733. The number of anilines is 1. The van der Waals surface area contributed by atoms with Crippen LogP contribution in [0, 0.1) is 5.92 Å². The third kappa shape index (κ3) is 3.85. The largest absolute Gasteiger partial charge is 0.379 e. The highest BCUT2D eigenvalue weighted by molar-refractivity contribution is 7.86. The van der Waals surface area contributed by atoms with Crippen LogP contribution in [0.5, 0.6) is 0 Å². The Balaban J connectivity index is 1.67. The average molecular weight is 355 g/mol. The van der Waals surface area contributed by atoms with Crippen molar-refractivity contribution in [2.75, 3.05) is 51.8 Å². The maximum Gasteiger partial charge on any atom is 0.282 e. The van der Waals surface area contributed by atoms with Crippen molar-refractivity contribution in [2.24, 2.45) is 5.92 Å². The fourth-order valence-electron chi connectivity index (χ4n) is 3.34. The molecule has 0 aromatic carbocycles. The molecule has 8 nitrogen and oxygen atoms in total. The highest BCUT2D eigenvalue weighted by atomic mass is 32.2. The normalized spacial score (nSPS) is 24.0. The number of nitrogens with zero attached hydrogens (tertiary/aromatic N) is 4. The number of hydrogen-bond acceptors (Lipinski definition) is 6. The van der Waals surface area contributed by atoms with Gasteiger partial charge in [0.2, 0.25) is 0 Å². The molecule has 0 amide bonds. The van der Waals surface area contributed by atoms with Crippen molar-refractivity contribution >= 4 is 16.0 Å². The summed E-state index contributed by atoms with van der Waals surface area (Å²) in [5, 5.41) is 3.05. The smallest absolute Gasteiger partial charge is 0.282 e. The molecule has 2 saturated heterocycles. The summed E-state index contributed by atoms with van der Waals surface area (Å²) in [5.41, 5.74) is 0.899. The number of nitrogens with one attached hydrogen (secondary N) is 1. The van der Waals surface area contributed by atoms with Crippen LogP contribution >= 0.6 is 0 Å². The molecule has 2 fully saturated rings. The first-order valence-corrected chi connectivity index (χ1v) is 9.81. The van der Waals surface area contributed by atoms with Crippen LogP contribution in [0.4, 0.5) is 5.82 Å². The predicted molar refractivity (Wildman–Crippen MR) is 90.9 cm³/mol. The van der Waals surface area contributed by atoms with Crippen LogP contribution in [-0.2, 0) is 21.4 Å². The molecule has 0 radical (unpaired) electrons. The van der Waals surface area contributed by atoms with Gasteiger partial charge in [-0.3, -0.25) is 4.98 Å². The molecule has 0 unspecified atom stereocenters. The Kier molecular flexibility index (Phi) is 5.65. The maximum atomic E-state index is 12.8. The van der Waals surface area contributed by atoms with Gasteiger partial charge >= 0.3 is 0 Å². The van der Waals surface area contributed by atoms with Crippen LogP contribution in [0.2, 0.25) is 0 Å². The van der Waals surface area contributed by atoms with Crippen molar-refractivity contribution in [3.8, 4) is 0 Å². The molecule has 0 aliphatic carbocycles. The topological polar surface area (TPSA) is 87.7 Å². The van der Waals surface area contributed by atoms with E-state index in [-0.39, 0.29) is 5.92 Å². The van der Waals surface area contributed by atoms with E-state index in [1.165, 1.54) is 0 Å². The van der Waals surface area contributed by atoms with Crippen molar-refractivity contribution in [1.29, 1.82) is 0 Å². The summed E-state index contributed by atoms with van der Waals surface area (Å²) in [5.74, 6) is 1.03. The molecule has 24 heavy (non-hydrogen) atoms. The fourth-order valence-corrected chi connectivity index (χ4v) is 5.04. The van der Waals surface area contributed by atoms with E-state index in [1.807, 2.05) is 7.05 Å². The van der Waals surface area contributed by atoms with Crippen LogP contribution in [0.25, 0.3) is 0 Å². The van der Waals surface area contributed by atoms with Gasteiger partial charge in [0.05, 0.1) is 18.9 Å². The molecule has 2 aliphatic rings. The first-order valence-electron chi connectivity index (χ1n) is 8.42. The molecule has 9 heteroatoms. The standard InChI is InChI=1S/C15H25N5O3S/c1-16-15-14(17-4-5-18-15)11-13-3-2-6-20(12-13)24(21,22)19-7-9-23-10-8-19/h4-5,13H,2-3,6-12H2,1H3,(H,16,18)/t13-/m0/s1. The minimum Gasteiger partial charge on any atom is -0.379 e. The number of morpholine rings is 1. The van der Waals surface area contributed by atoms with Gasteiger partial charge in [-0.2, -0.15) is 17.0 Å². The summed E-state index contributed by atoms with van der Waals surface area (Å²) in [6, 6.07) is 0. The molecule has 3 rings (SSSR count). The lowest BCUT2D eigenvalue weighted by atomic mass is 9.94. The minimum absolute atomic E-state index is 0.262. The van der Waals surface area contributed by atoms with E-state index in [4.69, 9.17) is 4.74 Å². The van der Waals surface area contributed by atoms with Crippen LogP contribution < -0.4 is 5.32 Å². The maximum absolute atomic E-state index is 12.8. The molecule has 1 N–H and O–H groups in total. The Labute approximate surface area is 143 Å². The highest BCUT2D eigenvalue weighted by Crippen LogP contribution is 2.25. The Hall–Kier alpha value is -1.29. The van der Waals surface area contributed by atoms with Gasteiger partial charge in [-0.05, 0) is 25.2 Å². The summed E-state index contributed by atoms with van der Waals surface area (Å²) >= 11 is 0. The van der Waals surface area contributed by atoms with E-state index in [9.17, 15) is 8.42 Å². The zero-order valence-corrected chi connectivity index (χ0v) is 14.8.